The summed E-state index contributed by atoms with van der Waals surface area (Å²) in [5.74, 6) is 0. The molecule has 25 heavy (non-hydrogen) atoms. The Bertz CT molecular complexity index is 268. The van der Waals surface area contributed by atoms with Crippen molar-refractivity contribution < 1.29 is 4.74 Å². The van der Waals surface area contributed by atoms with E-state index in [9.17, 15) is 0 Å². The van der Waals surface area contributed by atoms with Crippen LogP contribution in [0.2, 0.25) is 13.3 Å². The molecule has 0 aromatic heterocycles. The van der Waals surface area contributed by atoms with Gasteiger partial charge in [0.05, 0.1) is 0 Å². The third kappa shape index (κ3) is 13.3. The fourth-order valence-electron chi connectivity index (χ4n) is 3.75. The van der Waals surface area contributed by atoms with Gasteiger partial charge >= 0.3 is 165 Å². The molecular weight excluding hydrogens is 411 g/mol. The molecular formula is C23H48OSn. The molecule has 0 aliphatic rings. The molecule has 0 aromatic carbocycles. The predicted molar refractivity (Wildman–Crippen MR) is 118 cm³/mol. The first-order valence-corrected chi connectivity index (χ1v) is 19.5. The topological polar surface area (TPSA) is 9.23 Å². The monoisotopic (exact) mass is 460 g/mol. The van der Waals surface area contributed by atoms with E-state index in [0.717, 1.165) is 4.62 Å². The minimum absolute atomic E-state index is 0.308. The Labute approximate surface area is 164 Å². The number of hydrogen-bond donors (Lipinski definition) is 0. The van der Waals surface area contributed by atoms with E-state index in [2.05, 4.69) is 40.3 Å². The third-order valence-electron chi connectivity index (χ3n) is 5.64. The van der Waals surface area contributed by atoms with Crippen molar-refractivity contribution in [1.29, 1.82) is 0 Å². The second-order valence-electron chi connectivity index (χ2n) is 8.10. The summed E-state index contributed by atoms with van der Waals surface area (Å²) in [5, 5.41) is 0. The Morgan fingerprint density at radius 1 is 0.720 bits per heavy atom. The second-order valence-corrected chi connectivity index (χ2v) is 21.8. The Kier molecular flexibility index (Phi) is 18.2. The standard InChI is InChI=1S/C11H21O.3C4H9.Sn/c1-4-6-7-8-9-10-11(5-2)12-3;3*1-3-4-2;/h5,11H,2-4,6-10H2,1H3;3*1,3-4H2,2H3;. The van der Waals surface area contributed by atoms with E-state index in [1.54, 1.807) is 13.3 Å². The molecule has 0 aliphatic heterocycles. The first-order chi connectivity index (χ1) is 12.2. The Morgan fingerprint density at radius 3 is 1.64 bits per heavy atom. The van der Waals surface area contributed by atoms with Gasteiger partial charge in [0.1, 0.15) is 0 Å². The van der Waals surface area contributed by atoms with Gasteiger partial charge in [0.25, 0.3) is 0 Å². The van der Waals surface area contributed by atoms with Gasteiger partial charge in [-0.25, -0.2) is 0 Å². The summed E-state index contributed by atoms with van der Waals surface area (Å²) in [4.78, 5) is 0. The van der Waals surface area contributed by atoms with Crippen molar-refractivity contribution in [3.05, 3.63) is 12.7 Å². The Hall–Kier alpha value is 0.499. The molecule has 0 amide bonds. The van der Waals surface area contributed by atoms with Crippen LogP contribution in [0.15, 0.2) is 12.7 Å². The summed E-state index contributed by atoms with van der Waals surface area (Å²) in [6.45, 7) is 13.4. The third-order valence-corrected chi connectivity index (χ3v) is 20.0. The van der Waals surface area contributed by atoms with Gasteiger partial charge in [0.2, 0.25) is 0 Å². The van der Waals surface area contributed by atoms with E-state index in [0.29, 0.717) is 6.10 Å². The molecule has 0 saturated heterocycles. The minimum atomic E-state index is -2.13. The quantitative estimate of drug-likeness (QED) is 0.107. The SMILES string of the molecule is C=CC(CCCCCCC)O[CH2][Sn]([CH2]CCC)([CH2]CCC)[CH2]CCC. The first-order valence-electron chi connectivity index (χ1n) is 11.4. The molecule has 1 nitrogen and oxygen atoms in total. The van der Waals surface area contributed by atoms with Crippen LogP contribution in [0.4, 0.5) is 0 Å². The van der Waals surface area contributed by atoms with Crippen LogP contribution in [0.25, 0.3) is 0 Å². The molecule has 1 atom stereocenters. The summed E-state index contributed by atoms with van der Waals surface area (Å²) < 4.78 is 12.3. The van der Waals surface area contributed by atoms with Crippen LogP contribution in [0.5, 0.6) is 0 Å². The van der Waals surface area contributed by atoms with E-state index in [1.165, 1.54) is 77.0 Å². The molecule has 0 aliphatic carbocycles. The zero-order valence-electron chi connectivity index (χ0n) is 18.1. The summed E-state index contributed by atoms with van der Waals surface area (Å²) in [6, 6.07) is 0. The van der Waals surface area contributed by atoms with Gasteiger partial charge in [-0.15, -0.1) is 0 Å². The molecule has 0 bridgehead atoms. The maximum atomic E-state index is 6.53. The molecule has 0 spiro atoms. The van der Waals surface area contributed by atoms with Crippen molar-refractivity contribution >= 4 is 18.4 Å². The van der Waals surface area contributed by atoms with Crippen molar-refractivity contribution in [2.24, 2.45) is 0 Å². The fraction of sp³-hybridized carbons (Fsp3) is 0.913. The molecule has 150 valence electrons. The molecule has 0 saturated carbocycles. The van der Waals surface area contributed by atoms with E-state index < -0.39 is 18.4 Å². The van der Waals surface area contributed by atoms with Gasteiger partial charge in [-0.1, -0.05) is 0 Å². The van der Waals surface area contributed by atoms with Crippen LogP contribution in [0.1, 0.15) is 105 Å². The van der Waals surface area contributed by atoms with E-state index in [1.807, 2.05) is 0 Å². The van der Waals surface area contributed by atoms with Gasteiger partial charge in [-0.05, 0) is 0 Å². The normalized spacial score (nSPS) is 13.1. The first kappa shape index (κ1) is 25.5. The average molecular weight is 459 g/mol. The molecule has 1 unspecified atom stereocenters. The van der Waals surface area contributed by atoms with Crippen molar-refractivity contribution in [2.75, 3.05) is 4.62 Å². The number of hydrogen-bond acceptors (Lipinski definition) is 1. The summed E-state index contributed by atoms with van der Waals surface area (Å²) in [7, 11) is 0. The van der Waals surface area contributed by atoms with Gasteiger partial charge in [-0.2, -0.15) is 0 Å². The molecule has 0 fully saturated rings. The molecule has 0 N–H and O–H groups in total. The molecule has 2 heteroatoms. The fourth-order valence-corrected chi connectivity index (χ4v) is 18.2. The zero-order valence-corrected chi connectivity index (χ0v) is 20.9. The molecule has 0 rings (SSSR count). The molecule has 0 aromatic rings. The Morgan fingerprint density at radius 2 is 1.20 bits per heavy atom. The molecule has 0 radical (unpaired) electrons. The Balaban J connectivity index is 4.56. The van der Waals surface area contributed by atoms with E-state index in [4.69, 9.17) is 4.74 Å². The van der Waals surface area contributed by atoms with Gasteiger partial charge in [-0.3, -0.25) is 0 Å². The summed E-state index contributed by atoms with van der Waals surface area (Å²) in [5.41, 5.74) is 0. The maximum absolute atomic E-state index is 6.53. The van der Waals surface area contributed by atoms with Crippen molar-refractivity contribution in [3.8, 4) is 0 Å². The number of rotatable bonds is 19. The zero-order chi connectivity index (χ0) is 18.8. The van der Waals surface area contributed by atoms with Crippen LogP contribution in [-0.2, 0) is 4.74 Å². The van der Waals surface area contributed by atoms with E-state index >= 15 is 0 Å². The van der Waals surface area contributed by atoms with Crippen LogP contribution in [-0.4, -0.2) is 29.1 Å². The van der Waals surface area contributed by atoms with Crippen LogP contribution in [0.3, 0.4) is 0 Å². The number of ether oxygens (including phenoxy) is 1. The predicted octanol–water partition coefficient (Wildman–Crippen LogP) is 8.31. The van der Waals surface area contributed by atoms with Gasteiger partial charge in [0, 0.05) is 0 Å². The van der Waals surface area contributed by atoms with E-state index in [-0.39, 0.29) is 0 Å². The number of unbranched alkanes of at least 4 members (excludes halogenated alkanes) is 7. The molecule has 0 heterocycles. The van der Waals surface area contributed by atoms with Crippen LogP contribution in [0, 0.1) is 0 Å². The average Bonchev–Trinajstić information content (AvgIpc) is 2.64. The van der Waals surface area contributed by atoms with Crippen molar-refractivity contribution in [1.82, 2.24) is 0 Å². The van der Waals surface area contributed by atoms with Crippen molar-refractivity contribution in [2.45, 2.75) is 124 Å². The van der Waals surface area contributed by atoms with Crippen molar-refractivity contribution in [3.63, 3.8) is 0 Å². The van der Waals surface area contributed by atoms with Gasteiger partial charge in [0.15, 0.2) is 0 Å². The second kappa shape index (κ2) is 17.9. The van der Waals surface area contributed by atoms with Gasteiger partial charge < -0.3 is 0 Å². The van der Waals surface area contributed by atoms with Crippen LogP contribution >= 0.6 is 0 Å². The summed E-state index contributed by atoms with van der Waals surface area (Å²) >= 11 is -2.13. The summed E-state index contributed by atoms with van der Waals surface area (Å²) in [6.07, 6.45) is 18.7. The van der Waals surface area contributed by atoms with Crippen LogP contribution < -0.4 is 0 Å².